The molecule has 0 N–H and O–H groups in total. The maximum absolute atomic E-state index is 13.4. The minimum absolute atomic E-state index is 0.148. The standard InChI is InChI=1S/C23H28N2OS/c1-3-19-20(18-7-5-4-6-8-18)25(2)22(27-19)24-21(26)23-12-15-9-16(13-23)11-17(10-15)14-23/h4-8,15-17H,3,9-14H2,1-2H3. The Morgan fingerprint density at radius 2 is 1.70 bits per heavy atom. The van der Waals surface area contributed by atoms with Crippen LogP contribution in [-0.4, -0.2) is 10.5 Å². The molecule has 4 heteroatoms. The molecule has 4 fully saturated rings. The summed E-state index contributed by atoms with van der Waals surface area (Å²) in [6, 6.07) is 10.5. The molecule has 142 valence electrons. The van der Waals surface area contributed by atoms with Crippen molar-refractivity contribution in [2.75, 3.05) is 0 Å². The van der Waals surface area contributed by atoms with Crippen molar-refractivity contribution in [3.63, 3.8) is 0 Å². The second-order valence-electron chi connectivity index (χ2n) is 9.05. The van der Waals surface area contributed by atoms with E-state index in [-0.39, 0.29) is 11.3 Å². The van der Waals surface area contributed by atoms with Gasteiger partial charge >= 0.3 is 0 Å². The van der Waals surface area contributed by atoms with Gasteiger partial charge in [-0.3, -0.25) is 4.79 Å². The summed E-state index contributed by atoms with van der Waals surface area (Å²) in [7, 11) is 2.06. The molecule has 0 unspecified atom stereocenters. The number of aryl methyl sites for hydroxylation is 1. The van der Waals surface area contributed by atoms with Crippen molar-refractivity contribution in [3.05, 3.63) is 40.0 Å². The highest BCUT2D eigenvalue weighted by atomic mass is 32.1. The summed E-state index contributed by atoms with van der Waals surface area (Å²) in [6.07, 6.45) is 8.30. The van der Waals surface area contributed by atoms with Crippen LogP contribution >= 0.6 is 11.3 Å². The van der Waals surface area contributed by atoms with E-state index in [2.05, 4.69) is 42.8 Å². The number of nitrogens with zero attached hydrogens (tertiary/aromatic N) is 2. The number of hydrogen-bond donors (Lipinski definition) is 0. The first-order valence-corrected chi connectivity index (χ1v) is 11.2. The summed E-state index contributed by atoms with van der Waals surface area (Å²) in [4.78, 5) is 20.3. The summed E-state index contributed by atoms with van der Waals surface area (Å²) in [5, 5.41) is 0. The van der Waals surface area contributed by atoms with Gasteiger partial charge in [0, 0.05) is 11.9 Å². The molecule has 4 aliphatic carbocycles. The summed E-state index contributed by atoms with van der Waals surface area (Å²) in [5.41, 5.74) is 2.27. The number of thiazole rings is 1. The summed E-state index contributed by atoms with van der Waals surface area (Å²) < 4.78 is 2.14. The van der Waals surface area contributed by atoms with E-state index in [0.29, 0.717) is 0 Å². The maximum Gasteiger partial charge on any atom is 0.254 e. The van der Waals surface area contributed by atoms with E-state index in [4.69, 9.17) is 4.99 Å². The third-order valence-electron chi connectivity index (χ3n) is 7.16. The Bertz CT molecular complexity index is 902. The molecule has 1 heterocycles. The first kappa shape index (κ1) is 17.4. The largest absolute Gasteiger partial charge is 0.319 e. The number of aromatic nitrogens is 1. The van der Waals surface area contributed by atoms with Gasteiger partial charge in [-0.05, 0) is 68.3 Å². The fourth-order valence-electron chi connectivity index (χ4n) is 6.38. The van der Waals surface area contributed by atoms with Crippen molar-refractivity contribution in [3.8, 4) is 11.3 Å². The molecule has 4 aliphatic rings. The van der Waals surface area contributed by atoms with Gasteiger partial charge in [0.15, 0.2) is 4.80 Å². The molecule has 0 atom stereocenters. The van der Waals surface area contributed by atoms with Crippen molar-refractivity contribution in [1.29, 1.82) is 0 Å². The predicted octanol–water partition coefficient (Wildman–Crippen LogP) is 4.96. The fourth-order valence-corrected chi connectivity index (χ4v) is 7.45. The lowest BCUT2D eigenvalue weighted by Gasteiger charge is -2.55. The topological polar surface area (TPSA) is 34.4 Å². The molecule has 27 heavy (non-hydrogen) atoms. The Balaban J connectivity index is 1.54. The summed E-state index contributed by atoms with van der Waals surface area (Å²) in [5.74, 6) is 2.50. The van der Waals surface area contributed by atoms with E-state index < -0.39 is 0 Å². The first-order valence-electron chi connectivity index (χ1n) is 10.4. The molecular weight excluding hydrogens is 352 g/mol. The summed E-state index contributed by atoms with van der Waals surface area (Å²) in [6.45, 7) is 2.18. The van der Waals surface area contributed by atoms with Gasteiger partial charge in [-0.1, -0.05) is 37.3 Å². The van der Waals surface area contributed by atoms with Gasteiger partial charge in [0.2, 0.25) is 0 Å². The average molecular weight is 381 g/mol. The normalized spacial score (nSPS) is 32.2. The maximum atomic E-state index is 13.4. The van der Waals surface area contributed by atoms with Gasteiger partial charge in [0.1, 0.15) is 0 Å². The number of carbonyl (C=O) groups is 1. The SMILES string of the molecule is CCc1sc(=NC(=O)C23CC4CC(CC(C4)C2)C3)n(C)c1-c1ccccc1. The zero-order valence-electron chi connectivity index (χ0n) is 16.3. The zero-order chi connectivity index (χ0) is 18.6. The molecule has 0 saturated heterocycles. The molecule has 3 nitrogen and oxygen atoms in total. The zero-order valence-corrected chi connectivity index (χ0v) is 17.1. The first-order chi connectivity index (χ1) is 13.1. The second kappa shape index (κ2) is 6.44. The van der Waals surface area contributed by atoms with Crippen LogP contribution in [0.1, 0.15) is 50.3 Å². The quantitative estimate of drug-likeness (QED) is 0.741. The van der Waals surface area contributed by atoms with Crippen LogP contribution in [0, 0.1) is 23.2 Å². The van der Waals surface area contributed by atoms with Crippen LogP contribution in [0.5, 0.6) is 0 Å². The lowest BCUT2D eigenvalue weighted by atomic mass is 9.49. The molecule has 1 amide bonds. The van der Waals surface area contributed by atoms with E-state index in [1.54, 1.807) is 11.3 Å². The Hall–Kier alpha value is -1.68. The molecule has 0 aliphatic heterocycles. The molecule has 0 spiro atoms. The van der Waals surface area contributed by atoms with E-state index in [1.165, 1.54) is 35.4 Å². The molecule has 0 radical (unpaired) electrons. The van der Waals surface area contributed by atoms with Crippen molar-refractivity contribution >= 4 is 17.2 Å². The third-order valence-corrected chi connectivity index (χ3v) is 8.43. The molecule has 1 aromatic heterocycles. The molecular formula is C23H28N2OS. The van der Waals surface area contributed by atoms with Crippen molar-refractivity contribution < 1.29 is 4.79 Å². The molecule has 4 bridgehead atoms. The molecule has 2 aromatic rings. The lowest BCUT2D eigenvalue weighted by Crippen LogP contribution is -2.49. The van der Waals surface area contributed by atoms with Gasteiger partial charge in [-0.2, -0.15) is 4.99 Å². The highest BCUT2D eigenvalue weighted by Gasteiger charge is 2.54. The minimum Gasteiger partial charge on any atom is -0.319 e. The van der Waals surface area contributed by atoms with Crippen LogP contribution in [-0.2, 0) is 18.3 Å². The molecule has 6 rings (SSSR count). The Morgan fingerprint density at radius 1 is 1.11 bits per heavy atom. The van der Waals surface area contributed by atoms with Gasteiger partial charge in [-0.15, -0.1) is 11.3 Å². The Kier molecular flexibility index (Phi) is 4.15. The van der Waals surface area contributed by atoms with E-state index in [1.807, 2.05) is 6.07 Å². The van der Waals surface area contributed by atoms with Gasteiger partial charge in [0.05, 0.1) is 11.1 Å². The van der Waals surface area contributed by atoms with Crippen LogP contribution < -0.4 is 4.80 Å². The number of rotatable bonds is 3. The van der Waals surface area contributed by atoms with Crippen LogP contribution in [0.2, 0.25) is 0 Å². The van der Waals surface area contributed by atoms with Crippen LogP contribution in [0.3, 0.4) is 0 Å². The van der Waals surface area contributed by atoms with Crippen LogP contribution in [0.4, 0.5) is 0 Å². The Morgan fingerprint density at radius 3 is 2.26 bits per heavy atom. The lowest BCUT2D eigenvalue weighted by molar-refractivity contribution is -0.142. The van der Waals surface area contributed by atoms with Crippen molar-refractivity contribution in [1.82, 2.24) is 4.57 Å². The number of benzene rings is 1. The van der Waals surface area contributed by atoms with Gasteiger partial charge in [-0.25, -0.2) is 0 Å². The summed E-state index contributed by atoms with van der Waals surface area (Å²) >= 11 is 1.69. The van der Waals surface area contributed by atoms with Gasteiger partial charge in [0.25, 0.3) is 5.91 Å². The van der Waals surface area contributed by atoms with Gasteiger partial charge < -0.3 is 4.57 Å². The number of carbonyl (C=O) groups excluding carboxylic acids is 1. The monoisotopic (exact) mass is 380 g/mol. The minimum atomic E-state index is -0.148. The van der Waals surface area contributed by atoms with Crippen molar-refractivity contribution in [2.24, 2.45) is 35.2 Å². The average Bonchev–Trinajstić information content (AvgIpc) is 2.97. The predicted molar refractivity (Wildman–Crippen MR) is 109 cm³/mol. The second-order valence-corrected chi connectivity index (χ2v) is 10.1. The fraction of sp³-hybridized carbons (Fsp3) is 0.565. The van der Waals surface area contributed by atoms with E-state index >= 15 is 0 Å². The smallest absolute Gasteiger partial charge is 0.254 e. The van der Waals surface area contributed by atoms with Crippen LogP contribution in [0.15, 0.2) is 35.3 Å². The highest BCUT2D eigenvalue weighted by Crippen LogP contribution is 2.60. The van der Waals surface area contributed by atoms with Crippen molar-refractivity contribution in [2.45, 2.75) is 51.9 Å². The van der Waals surface area contributed by atoms with E-state index in [0.717, 1.165) is 48.2 Å². The number of amides is 1. The molecule has 1 aromatic carbocycles. The number of hydrogen-bond acceptors (Lipinski definition) is 2. The Labute approximate surface area is 165 Å². The molecule has 4 saturated carbocycles. The van der Waals surface area contributed by atoms with Crippen LogP contribution in [0.25, 0.3) is 11.3 Å². The highest BCUT2D eigenvalue weighted by molar-refractivity contribution is 7.09. The van der Waals surface area contributed by atoms with E-state index in [9.17, 15) is 4.79 Å². The third kappa shape index (κ3) is 2.84.